The highest BCUT2D eigenvalue weighted by Gasteiger charge is 2.37. The van der Waals surface area contributed by atoms with Gasteiger partial charge in [-0.25, -0.2) is 4.98 Å². The first kappa shape index (κ1) is 16.1. The van der Waals surface area contributed by atoms with E-state index >= 15 is 0 Å². The summed E-state index contributed by atoms with van der Waals surface area (Å²) in [5.74, 6) is 0.925. The van der Waals surface area contributed by atoms with E-state index in [4.69, 9.17) is 23.2 Å². The molecule has 2 aromatic heterocycles. The Morgan fingerprint density at radius 2 is 2.00 bits per heavy atom. The van der Waals surface area contributed by atoms with E-state index in [-0.39, 0.29) is 11.3 Å². The Morgan fingerprint density at radius 3 is 2.64 bits per heavy atom. The third kappa shape index (κ3) is 2.85. The quantitative estimate of drug-likeness (QED) is 0.712. The standard InChI is InChI=1S/C14H10BrCl2N3OS/c1-7-8(15)2-3-11(19-7)20-12(21)6-22-14(20)13-9(16)4-18-5-10(13)17/h2-5,14H,6H2,1H3. The lowest BCUT2D eigenvalue weighted by molar-refractivity contribution is -0.115. The SMILES string of the molecule is Cc1nc(N2C(=O)CSC2c2c(Cl)cncc2Cl)ccc1Br. The maximum atomic E-state index is 12.3. The van der Waals surface area contributed by atoms with Gasteiger partial charge in [-0.2, -0.15) is 0 Å². The molecule has 4 nitrogen and oxygen atoms in total. The van der Waals surface area contributed by atoms with Crippen molar-refractivity contribution in [3.8, 4) is 0 Å². The zero-order valence-electron chi connectivity index (χ0n) is 11.4. The van der Waals surface area contributed by atoms with Gasteiger partial charge in [0.15, 0.2) is 0 Å². The molecular weight excluding hydrogens is 409 g/mol. The number of aromatic nitrogens is 2. The van der Waals surface area contributed by atoms with Gasteiger partial charge >= 0.3 is 0 Å². The van der Waals surface area contributed by atoms with E-state index in [1.54, 1.807) is 11.0 Å². The summed E-state index contributed by atoms with van der Waals surface area (Å²) in [6, 6.07) is 3.68. The minimum absolute atomic E-state index is 0.0202. The van der Waals surface area contributed by atoms with Crippen LogP contribution in [0.1, 0.15) is 16.6 Å². The smallest absolute Gasteiger partial charge is 0.239 e. The second kappa shape index (κ2) is 6.35. The second-order valence-corrected chi connectivity index (χ2v) is 7.42. The van der Waals surface area contributed by atoms with Gasteiger partial charge in [0.05, 0.1) is 21.5 Å². The van der Waals surface area contributed by atoms with Crippen LogP contribution < -0.4 is 4.90 Å². The highest BCUT2D eigenvalue weighted by Crippen LogP contribution is 2.45. The van der Waals surface area contributed by atoms with Gasteiger partial charge in [0.2, 0.25) is 5.91 Å². The van der Waals surface area contributed by atoms with E-state index in [1.165, 1.54) is 24.2 Å². The summed E-state index contributed by atoms with van der Waals surface area (Å²) in [6.45, 7) is 1.88. The summed E-state index contributed by atoms with van der Waals surface area (Å²) in [5, 5.41) is 0.584. The van der Waals surface area contributed by atoms with Gasteiger partial charge in [-0.1, -0.05) is 23.2 Å². The van der Waals surface area contributed by atoms with Gasteiger partial charge in [0.25, 0.3) is 0 Å². The maximum Gasteiger partial charge on any atom is 0.239 e. The average Bonchev–Trinajstić information content (AvgIpc) is 2.84. The third-order valence-corrected chi connectivity index (χ3v) is 5.88. The number of carbonyl (C=O) groups excluding carboxylic acids is 1. The molecule has 0 bridgehead atoms. The number of aryl methyl sites for hydroxylation is 1. The van der Waals surface area contributed by atoms with Crippen molar-refractivity contribution in [2.45, 2.75) is 12.3 Å². The lowest BCUT2D eigenvalue weighted by Gasteiger charge is -2.25. The van der Waals surface area contributed by atoms with Gasteiger partial charge in [0, 0.05) is 22.4 Å². The minimum atomic E-state index is -0.302. The van der Waals surface area contributed by atoms with E-state index in [9.17, 15) is 4.79 Å². The Hall–Kier alpha value is -0.820. The van der Waals surface area contributed by atoms with Crippen molar-refractivity contribution in [2.75, 3.05) is 10.7 Å². The fourth-order valence-corrected chi connectivity index (χ4v) is 4.36. The lowest BCUT2D eigenvalue weighted by atomic mass is 10.2. The predicted octanol–water partition coefficient (Wildman–Crippen LogP) is 4.63. The van der Waals surface area contributed by atoms with Gasteiger partial charge in [0.1, 0.15) is 11.2 Å². The largest absolute Gasteiger partial charge is 0.279 e. The normalized spacial score (nSPS) is 18.1. The molecule has 1 aliphatic rings. The summed E-state index contributed by atoms with van der Waals surface area (Å²) in [7, 11) is 0. The van der Waals surface area contributed by atoms with E-state index in [0.29, 0.717) is 27.2 Å². The zero-order chi connectivity index (χ0) is 15.9. The molecule has 0 radical (unpaired) electrons. The van der Waals surface area contributed by atoms with Gasteiger partial charge in [-0.15, -0.1) is 11.8 Å². The number of thioether (sulfide) groups is 1. The van der Waals surface area contributed by atoms with E-state index in [1.807, 2.05) is 13.0 Å². The molecule has 1 unspecified atom stereocenters. The molecule has 3 rings (SSSR count). The van der Waals surface area contributed by atoms with Crippen LogP contribution in [-0.2, 0) is 4.79 Å². The van der Waals surface area contributed by atoms with Gasteiger partial charge < -0.3 is 0 Å². The average molecular weight is 419 g/mol. The number of amides is 1. The van der Waals surface area contributed by atoms with E-state index in [2.05, 4.69) is 25.9 Å². The summed E-state index contributed by atoms with van der Waals surface area (Å²) in [6.07, 6.45) is 3.06. The van der Waals surface area contributed by atoms with Gasteiger partial charge in [-0.3, -0.25) is 14.7 Å². The van der Waals surface area contributed by atoms with Crippen LogP contribution in [0.3, 0.4) is 0 Å². The molecule has 22 heavy (non-hydrogen) atoms. The predicted molar refractivity (Wildman–Crippen MR) is 93.6 cm³/mol. The maximum absolute atomic E-state index is 12.3. The first-order valence-corrected chi connectivity index (χ1v) is 8.94. The van der Waals surface area contributed by atoms with Crippen LogP contribution in [0.2, 0.25) is 10.0 Å². The Labute approximate surface area is 150 Å². The summed E-state index contributed by atoms with van der Waals surface area (Å²) in [5.41, 5.74) is 1.50. The number of anilines is 1. The molecule has 0 spiro atoms. The molecule has 0 N–H and O–H groups in total. The van der Waals surface area contributed by atoms with Crippen LogP contribution in [0.5, 0.6) is 0 Å². The third-order valence-electron chi connectivity index (χ3n) is 3.26. The molecule has 1 saturated heterocycles. The first-order valence-electron chi connectivity index (χ1n) is 6.34. The number of hydrogen-bond donors (Lipinski definition) is 0. The van der Waals surface area contributed by atoms with E-state index in [0.717, 1.165) is 10.2 Å². The van der Waals surface area contributed by atoms with Crippen molar-refractivity contribution in [1.29, 1.82) is 0 Å². The van der Waals surface area contributed by atoms with Crippen molar-refractivity contribution in [3.05, 3.63) is 50.3 Å². The van der Waals surface area contributed by atoms with Gasteiger partial charge in [-0.05, 0) is 35.0 Å². The van der Waals surface area contributed by atoms with Crippen molar-refractivity contribution in [1.82, 2.24) is 9.97 Å². The molecule has 0 saturated carbocycles. The highest BCUT2D eigenvalue weighted by atomic mass is 79.9. The summed E-state index contributed by atoms with van der Waals surface area (Å²) in [4.78, 5) is 22.4. The topological polar surface area (TPSA) is 46.1 Å². The molecule has 114 valence electrons. The summed E-state index contributed by atoms with van der Waals surface area (Å²) < 4.78 is 0.895. The molecule has 3 heterocycles. The van der Waals surface area contributed by atoms with Crippen LogP contribution in [0.15, 0.2) is 29.0 Å². The molecule has 1 fully saturated rings. The highest BCUT2D eigenvalue weighted by molar-refractivity contribution is 9.10. The van der Waals surface area contributed by atoms with Crippen LogP contribution in [0.25, 0.3) is 0 Å². The molecule has 0 aliphatic carbocycles. The molecule has 1 amide bonds. The Kier molecular flexibility index (Phi) is 4.64. The first-order chi connectivity index (χ1) is 10.5. The van der Waals surface area contributed by atoms with Crippen LogP contribution in [0.4, 0.5) is 5.82 Å². The van der Waals surface area contributed by atoms with Crippen molar-refractivity contribution in [2.24, 2.45) is 0 Å². The second-order valence-electron chi connectivity index (χ2n) is 4.68. The molecule has 1 atom stereocenters. The molecule has 1 aliphatic heterocycles. The monoisotopic (exact) mass is 417 g/mol. The number of nitrogens with zero attached hydrogens (tertiary/aromatic N) is 3. The molecule has 0 aromatic carbocycles. The van der Waals surface area contributed by atoms with Crippen molar-refractivity contribution < 1.29 is 4.79 Å². The number of pyridine rings is 2. The Bertz CT molecular complexity index is 739. The van der Waals surface area contributed by atoms with Crippen LogP contribution in [-0.4, -0.2) is 21.6 Å². The fourth-order valence-electron chi connectivity index (χ4n) is 2.21. The number of halogens is 3. The van der Waals surface area contributed by atoms with Crippen LogP contribution >= 0.6 is 50.9 Å². The van der Waals surface area contributed by atoms with E-state index < -0.39 is 0 Å². The molecule has 2 aromatic rings. The number of hydrogen-bond acceptors (Lipinski definition) is 4. The minimum Gasteiger partial charge on any atom is -0.279 e. The fraction of sp³-hybridized carbons (Fsp3) is 0.214. The lowest BCUT2D eigenvalue weighted by Crippen LogP contribution is -2.29. The number of rotatable bonds is 2. The number of carbonyl (C=O) groups is 1. The molecule has 8 heteroatoms. The van der Waals surface area contributed by atoms with Crippen LogP contribution in [0, 0.1) is 6.92 Å². The zero-order valence-corrected chi connectivity index (χ0v) is 15.3. The Balaban J connectivity index is 2.08. The molecular formula is C14H10BrCl2N3OS. The van der Waals surface area contributed by atoms with Crippen molar-refractivity contribution in [3.63, 3.8) is 0 Å². The Morgan fingerprint density at radius 1 is 1.32 bits per heavy atom. The van der Waals surface area contributed by atoms with Crippen molar-refractivity contribution >= 4 is 62.6 Å². The summed E-state index contributed by atoms with van der Waals surface area (Å²) >= 11 is 17.4.